The van der Waals surface area contributed by atoms with Crippen LogP contribution < -0.4 is 5.73 Å². The van der Waals surface area contributed by atoms with E-state index in [1.807, 2.05) is 61.5 Å². The molecule has 3 rings (SSSR count). The summed E-state index contributed by atoms with van der Waals surface area (Å²) in [5.74, 6) is -0.430. The van der Waals surface area contributed by atoms with Crippen LogP contribution in [0.5, 0.6) is 0 Å². The Bertz CT molecular complexity index is 818. The molecule has 116 valence electrons. The van der Waals surface area contributed by atoms with Crippen molar-refractivity contribution >= 4 is 17.7 Å². The van der Waals surface area contributed by atoms with Gasteiger partial charge in [-0.15, -0.1) is 5.10 Å². The summed E-state index contributed by atoms with van der Waals surface area (Å²) in [6.45, 7) is 1.98. The van der Waals surface area contributed by atoms with E-state index >= 15 is 0 Å². The number of aromatic nitrogens is 4. The van der Waals surface area contributed by atoms with Crippen LogP contribution in [0.15, 0.2) is 59.8 Å². The summed E-state index contributed by atoms with van der Waals surface area (Å²) in [4.78, 5) is 11.9. The van der Waals surface area contributed by atoms with E-state index in [4.69, 9.17) is 5.73 Å². The molecule has 0 aliphatic heterocycles. The summed E-state index contributed by atoms with van der Waals surface area (Å²) in [5, 5.41) is 11.8. The third-order valence-electron chi connectivity index (χ3n) is 3.37. The number of nitrogens with zero attached hydrogens (tertiary/aromatic N) is 4. The van der Waals surface area contributed by atoms with Gasteiger partial charge in [0, 0.05) is 0 Å². The zero-order valence-corrected chi connectivity index (χ0v) is 13.3. The van der Waals surface area contributed by atoms with Gasteiger partial charge in [-0.2, -0.15) is 4.68 Å². The molecule has 7 heteroatoms. The maximum Gasteiger partial charge on any atom is 0.235 e. The Morgan fingerprint density at radius 1 is 1.13 bits per heavy atom. The van der Waals surface area contributed by atoms with Crippen molar-refractivity contribution < 1.29 is 4.79 Å². The molecule has 1 atom stereocenters. The van der Waals surface area contributed by atoms with E-state index < -0.39 is 11.2 Å². The topological polar surface area (TPSA) is 86.7 Å². The van der Waals surface area contributed by atoms with Crippen LogP contribution in [0.25, 0.3) is 5.69 Å². The average Bonchev–Trinajstić information content (AvgIpc) is 3.01. The Labute approximate surface area is 137 Å². The van der Waals surface area contributed by atoms with Crippen molar-refractivity contribution in [2.75, 3.05) is 0 Å². The van der Waals surface area contributed by atoms with Gasteiger partial charge in [0.15, 0.2) is 0 Å². The summed E-state index contributed by atoms with van der Waals surface area (Å²) >= 11 is 1.24. The minimum Gasteiger partial charge on any atom is -0.368 e. The fraction of sp³-hybridized carbons (Fsp3) is 0.125. The van der Waals surface area contributed by atoms with E-state index in [2.05, 4.69) is 15.5 Å². The van der Waals surface area contributed by atoms with Crippen molar-refractivity contribution in [3.05, 3.63) is 65.7 Å². The lowest BCUT2D eigenvalue weighted by Gasteiger charge is -2.13. The summed E-state index contributed by atoms with van der Waals surface area (Å²) in [6.07, 6.45) is 0. The lowest BCUT2D eigenvalue weighted by atomic mass is 10.1. The van der Waals surface area contributed by atoms with Crippen LogP contribution >= 0.6 is 11.8 Å². The number of hydrogen-bond acceptors (Lipinski definition) is 5. The minimum absolute atomic E-state index is 0.430. The fourth-order valence-corrected chi connectivity index (χ4v) is 3.17. The molecule has 0 aliphatic carbocycles. The number of tetrazole rings is 1. The Kier molecular flexibility index (Phi) is 4.38. The second-order valence-electron chi connectivity index (χ2n) is 4.97. The van der Waals surface area contributed by atoms with Crippen molar-refractivity contribution in [3.8, 4) is 5.69 Å². The molecule has 0 radical (unpaired) electrons. The molecular formula is C16H15N5OS. The number of thioether (sulfide) groups is 1. The third kappa shape index (κ3) is 3.24. The van der Waals surface area contributed by atoms with Crippen molar-refractivity contribution in [1.82, 2.24) is 20.2 Å². The van der Waals surface area contributed by atoms with Gasteiger partial charge in [-0.1, -0.05) is 60.3 Å². The highest BCUT2D eigenvalue weighted by atomic mass is 32.2. The molecule has 0 saturated heterocycles. The first-order valence-corrected chi connectivity index (χ1v) is 7.90. The van der Waals surface area contributed by atoms with Crippen LogP contribution in [-0.4, -0.2) is 26.1 Å². The molecule has 6 nitrogen and oxygen atoms in total. The SMILES string of the molecule is Cc1ccccc1-n1nnnc1S[C@@H](C(N)=O)c1ccccc1. The lowest BCUT2D eigenvalue weighted by Crippen LogP contribution is -2.19. The summed E-state index contributed by atoms with van der Waals surface area (Å²) in [6, 6.07) is 17.1. The number of benzene rings is 2. The molecule has 1 aromatic heterocycles. The Hall–Kier alpha value is -2.67. The summed E-state index contributed by atoms with van der Waals surface area (Å²) in [5.41, 5.74) is 8.30. The minimum atomic E-state index is -0.551. The first-order valence-electron chi connectivity index (χ1n) is 7.02. The van der Waals surface area contributed by atoms with Crippen LogP contribution in [0.2, 0.25) is 0 Å². The van der Waals surface area contributed by atoms with Gasteiger partial charge in [-0.25, -0.2) is 0 Å². The quantitative estimate of drug-likeness (QED) is 0.727. The van der Waals surface area contributed by atoms with E-state index in [9.17, 15) is 4.79 Å². The molecule has 1 amide bonds. The van der Waals surface area contributed by atoms with E-state index in [0.717, 1.165) is 16.8 Å². The zero-order chi connectivity index (χ0) is 16.2. The number of hydrogen-bond donors (Lipinski definition) is 1. The van der Waals surface area contributed by atoms with Crippen molar-refractivity contribution in [2.24, 2.45) is 5.73 Å². The first kappa shape index (κ1) is 15.2. The van der Waals surface area contributed by atoms with Gasteiger partial charge in [-0.05, 0) is 34.5 Å². The molecule has 0 fully saturated rings. The van der Waals surface area contributed by atoms with Crippen LogP contribution in [0.3, 0.4) is 0 Å². The number of rotatable bonds is 5. The van der Waals surface area contributed by atoms with Gasteiger partial charge in [0.05, 0.1) is 5.69 Å². The predicted molar refractivity (Wildman–Crippen MR) is 88.1 cm³/mol. The first-order chi connectivity index (χ1) is 11.2. The van der Waals surface area contributed by atoms with E-state index in [1.165, 1.54) is 11.8 Å². The van der Waals surface area contributed by atoms with Crippen LogP contribution in [-0.2, 0) is 4.79 Å². The molecule has 0 spiro atoms. The maximum absolute atomic E-state index is 11.9. The average molecular weight is 325 g/mol. The van der Waals surface area contributed by atoms with Gasteiger partial charge in [-0.3, -0.25) is 4.79 Å². The fourth-order valence-electron chi connectivity index (χ4n) is 2.23. The van der Waals surface area contributed by atoms with Crippen molar-refractivity contribution in [1.29, 1.82) is 0 Å². The van der Waals surface area contributed by atoms with Crippen LogP contribution in [0.1, 0.15) is 16.4 Å². The van der Waals surface area contributed by atoms with E-state index in [0.29, 0.717) is 5.16 Å². The highest BCUT2D eigenvalue weighted by Crippen LogP contribution is 2.34. The van der Waals surface area contributed by atoms with Gasteiger partial charge < -0.3 is 5.73 Å². The number of para-hydroxylation sites is 1. The second-order valence-corrected chi connectivity index (χ2v) is 6.04. The molecule has 23 heavy (non-hydrogen) atoms. The predicted octanol–water partition coefficient (Wildman–Crippen LogP) is 2.29. The van der Waals surface area contributed by atoms with Crippen LogP contribution in [0, 0.1) is 6.92 Å². The molecule has 0 unspecified atom stereocenters. The van der Waals surface area contributed by atoms with Gasteiger partial charge >= 0.3 is 0 Å². The maximum atomic E-state index is 11.9. The normalized spacial score (nSPS) is 12.0. The monoisotopic (exact) mass is 325 g/mol. The Balaban J connectivity index is 1.96. The standard InChI is InChI=1S/C16H15N5OS/c1-11-7-5-6-10-13(11)21-16(18-19-20-21)23-14(15(17)22)12-8-3-2-4-9-12/h2-10,14H,1H3,(H2,17,22)/t14-/m1/s1. The number of carbonyl (C=O) groups is 1. The second kappa shape index (κ2) is 6.62. The largest absolute Gasteiger partial charge is 0.368 e. The van der Waals surface area contributed by atoms with Crippen molar-refractivity contribution in [3.63, 3.8) is 0 Å². The smallest absolute Gasteiger partial charge is 0.235 e. The van der Waals surface area contributed by atoms with Gasteiger partial charge in [0.1, 0.15) is 5.25 Å². The summed E-state index contributed by atoms with van der Waals surface area (Å²) in [7, 11) is 0. The number of amides is 1. The van der Waals surface area contributed by atoms with Crippen molar-refractivity contribution in [2.45, 2.75) is 17.3 Å². The Morgan fingerprint density at radius 3 is 2.52 bits per heavy atom. The zero-order valence-electron chi connectivity index (χ0n) is 12.5. The molecule has 1 heterocycles. The van der Waals surface area contributed by atoms with E-state index in [-0.39, 0.29) is 0 Å². The highest BCUT2D eigenvalue weighted by Gasteiger charge is 2.23. The highest BCUT2D eigenvalue weighted by molar-refractivity contribution is 8.00. The number of carbonyl (C=O) groups excluding carboxylic acids is 1. The molecule has 0 bridgehead atoms. The van der Waals surface area contributed by atoms with E-state index in [1.54, 1.807) is 4.68 Å². The van der Waals surface area contributed by atoms with Gasteiger partial charge in [0.25, 0.3) is 0 Å². The molecule has 0 saturated carbocycles. The molecule has 2 aromatic carbocycles. The summed E-state index contributed by atoms with van der Waals surface area (Å²) < 4.78 is 1.62. The number of aryl methyl sites for hydroxylation is 1. The molecule has 0 aliphatic rings. The third-order valence-corrected chi connectivity index (χ3v) is 4.57. The lowest BCUT2D eigenvalue weighted by molar-refractivity contribution is -0.117. The Morgan fingerprint density at radius 2 is 1.83 bits per heavy atom. The number of primary amides is 1. The van der Waals surface area contributed by atoms with Gasteiger partial charge in [0.2, 0.25) is 11.1 Å². The number of nitrogens with two attached hydrogens (primary N) is 1. The molecule has 2 N–H and O–H groups in total. The molecule has 3 aromatic rings. The molecular weight excluding hydrogens is 310 g/mol. The van der Waals surface area contributed by atoms with Crippen LogP contribution in [0.4, 0.5) is 0 Å².